The van der Waals surface area contributed by atoms with Crippen LogP contribution < -0.4 is 15.4 Å². The zero-order valence-corrected chi connectivity index (χ0v) is 15.0. The normalized spacial score (nSPS) is 12.5. The number of benzene rings is 2. The summed E-state index contributed by atoms with van der Waals surface area (Å²) in [6.07, 6.45) is 0.710. The lowest BCUT2D eigenvalue weighted by Crippen LogP contribution is -2.19. The van der Waals surface area contributed by atoms with Gasteiger partial charge in [-0.3, -0.25) is 19.7 Å². The number of carbonyl (C=O) groups is 3. The Hall–Kier alpha value is -2.57. The van der Waals surface area contributed by atoms with Crippen molar-refractivity contribution in [3.05, 3.63) is 57.6 Å². The van der Waals surface area contributed by atoms with Crippen LogP contribution in [0.5, 0.6) is 5.75 Å². The van der Waals surface area contributed by atoms with E-state index in [4.69, 9.17) is 27.9 Å². The van der Waals surface area contributed by atoms with Crippen LogP contribution in [0.25, 0.3) is 0 Å². The first-order chi connectivity index (χ1) is 12.4. The van der Waals surface area contributed by atoms with Gasteiger partial charge in [0.2, 0.25) is 5.91 Å². The van der Waals surface area contributed by atoms with Gasteiger partial charge in [0.05, 0.1) is 22.8 Å². The quantitative estimate of drug-likeness (QED) is 0.579. The molecule has 0 saturated carbocycles. The fourth-order valence-electron chi connectivity index (χ4n) is 2.48. The van der Waals surface area contributed by atoms with Crippen molar-refractivity contribution in [2.45, 2.75) is 12.8 Å². The molecule has 0 saturated heterocycles. The standard InChI is InChI=1S/C18H14Cl2N2O4/c19-10-3-6-15(14(20)8-10)26-7-1-2-16(23)21-11-4-5-12-13(9-11)18(25)22-17(12)24/h3-6,8-9H,1-2,7H2,(H,21,23)(H,22,24,25). The molecule has 6 nitrogen and oxygen atoms in total. The van der Waals surface area contributed by atoms with Crippen LogP contribution in [0, 0.1) is 0 Å². The van der Waals surface area contributed by atoms with Crippen molar-refractivity contribution in [1.29, 1.82) is 0 Å². The number of halogens is 2. The average Bonchev–Trinajstić information content (AvgIpc) is 2.87. The van der Waals surface area contributed by atoms with Crippen molar-refractivity contribution in [2.75, 3.05) is 11.9 Å². The summed E-state index contributed by atoms with van der Waals surface area (Å²) in [5.74, 6) is -0.610. The van der Waals surface area contributed by atoms with Crippen LogP contribution in [0.2, 0.25) is 10.0 Å². The SMILES string of the molecule is O=C(CCCOc1ccc(Cl)cc1Cl)Nc1ccc2c(c1)C(=O)NC2=O. The Morgan fingerprint density at radius 1 is 1.04 bits per heavy atom. The highest BCUT2D eigenvalue weighted by Gasteiger charge is 2.26. The summed E-state index contributed by atoms with van der Waals surface area (Å²) < 4.78 is 5.52. The monoisotopic (exact) mass is 392 g/mol. The Morgan fingerprint density at radius 2 is 1.81 bits per heavy atom. The Morgan fingerprint density at radius 3 is 2.58 bits per heavy atom. The van der Waals surface area contributed by atoms with Gasteiger partial charge in [-0.2, -0.15) is 0 Å². The van der Waals surface area contributed by atoms with Gasteiger partial charge in [0.15, 0.2) is 0 Å². The summed E-state index contributed by atoms with van der Waals surface area (Å²) in [5, 5.41) is 5.83. The highest BCUT2D eigenvalue weighted by Crippen LogP contribution is 2.27. The molecule has 0 unspecified atom stereocenters. The number of carbonyl (C=O) groups excluding carboxylic acids is 3. The van der Waals surface area contributed by atoms with Gasteiger partial charge in [-0.25, -0.2) is 0 Å². The van der Waals surface area contributed by atoms with Gasteiger partial charge in [-0.1, -0.05) is 23.2 Å². The molecule has 1 aliphatic heterocycles. The molecule has 0 fully saturated rings. The molecule has 2 aromatic rings. The third-order valence-electron chi connectivity index (χ3n) is 3.72. The molecule has 3 amide bonds. The number of fused-ring (bicyclic) bond motifs is 1. The molecule has 0 aliphatic carbocycles. The minimum atomic E-state index is -0.464. The van der Waals surface area contributed by atoms with Gasteiger partial charge < -0.3 is 10.1 Å². The molecule has 0 bridgehead atoms. The Balaban J connectivity index is 1.48. The molecule has 0 atom stereocenters. The van der Waals surface area contributed by atoms with E-state index in [-0.39, 0.29) is 17.9 Å². The molecule has 2 aromatic carbocycles. The van der Waals surface area contributed by atoms with Gasteiger partial charge in [0, 0.05) is 17.1 Å². The molecule has 0 spiro atoms. The van der Waals surface area contributed by atoms with Crippen molar-refractivity contribution >= 4 is 46.6 Å². The summed E-state index contributed by atoms with van der Waals surface area (Å²) in [7, 11) is 0. The van der Waals surface area contributed by atoms with Crippen molar-refractivity contribution in [3.63, 3.8) is 0 Å². The molecular formula is C18H14Cl2N2O4. The zero-order valence-electron chi connectivity index (χ0n) is 13.5. The molecule has 0 radical (unpaired) electrons. The van der Waals surface area contributed by atoms with Crippen LogP contribution >= 0.6 is 23.2 Å². The lowest BCUT2D eigenvalue weighted by atomic mass is 10.1. The maximum atomic E-state index is 12.0. The maximum Gasteiger partial charge on any atom is 0.259 e. The number of ether oxygens (including phenoxy) is 1. The van der Waals surface area contributed by atoms with E-state index >= 15 is 0 Å². The number of anilines is 1. The number of nitrogens with one attached hydrogen (secondary N) is 2. The number of imide groups is 1. The summed E-state index contributed by atoms with van der Waals surface area (Å²) in [6.45, 7) is 0.315. The van der Waals surface area contributed by atoms with Crippen LogP contribution in [0.4, 0.5) is 5.69 Å². The van der Waals surface area contributed by atoms with E-state index < -0.39 is 11.8 Å². The lowest BCUT2D eigenvalue weighted by Gasteiger charge is -2.09. The fraction of sp³-hybridized carbons (Fsp3) is 0.167. The summed E-state index contributed by atoms with van der Waals surface area (Å²) in [5.41, 5.74) is 1.02. The van der Waals surface area contributed by atoms with Crippen LogP contribution in [0.15, 0.2) is 36.4 Å². The van der Waals surface area contributed by atoms with E-state index in [0.29, 0.717) is 40.1 Å². The Labute approximate surface area is 159 Å². The third-order valence-corrected chi connectivity index (χ3v) is 4.25. The largest absolute Gasteiger partial charge is 0.492 e. The predicted molar refractivity (Wildman–Crippen MR) is 98.1 cm³/mol. The minimum Gasteiger partial charge on any atom is -0.492 e. The maximum absolute atomic E-state index is 12.0. The van der Waals surface area contributed by atoms with Gasteiger partial charge >= 0.3 is 0 Å². The number of rotatable bonds is 6. The van der Waals surface area contributed by atoms with Crippen LogP contribution in [0.1, 0.15) is 33.6 Å². The smallest absolute Gasteiger partial charge is 0.259 e. The molecule has 134 valence electrons. The summed E-state index contributed by atoms with van der Waals surface area (Å²) in [6, 6.07) is 9.50. The number of hydrogen-bond donors (Lipinski definition) is 2. The highest BCUT2D eigenvalue weighted by atomic mass is 35.5. The predicted octanol–water partition coefficient (Wildman–Crippen LogP) is 3.67. The van der Waals surface area contributed by atoms with Gasteiger partial charge in [-0.15, -0.1) is 0 Å². The molecule has 2 N–H and O–H groups in total. The van der Waals surface area contributed by atoms with E-state index in [2.05, 4.69) is 10.6 Å². The topological polar surface area (TPSA) is 84.5 Å². The molecule has 3 rings (SSSR count). The molecular weight excluding hydrogens is 379 g/mol. The van der Waals surface area contributed by atoms with E-state index in [0.717, 1.165) is 0 Å². The summed E-state index contributed by atoms with van der Waals surface area (Å²) >= 11 is 11.8. The van der Waals surface area contributed by atoms with E-state index in [1.807, 2.05) is 0 Å². The van der Waals surface area contributed by atoms with Gasteiger partial charge in [-0.05, 0) is 42.8 Å². The lowest BCUT2D eigenvalue weighted by molar-refractivity contribution is -0.116. The molecule has 26 heavy (non-hydrogen) atoms. The van der Waals surface area contributed by atoms with Gasteiger partial charge in [0.25, 0.3) is 11.8 Å². The highest BCUT2D eigenvalue weighted by molar-refractivity contribution is 6.35. The van der Waals surface area contributed by atoms with Crippen molar-refractivity contribution in [2.24, 2.45) is 0 Å². The Bertz CT molecular complexity index is 899. The van der Waals surface area contributed by atoms with E-state index in [9.17, 15) is 14.4 Å². The van der Waals surface area contributed by atoms with Gasteiger partial charge in [0.1, 0.15) is 5.75 Å². The van der Waals surface area contributed by atoms with E-state index in [1.165, 1.54) is 12.1 Å². The second-order valence-electron chi connectivity index (χ2n) is 5.62. The molecule has 0 aromatic heterocycles. The fourth-order valence-corrected chi connectivity index (χ4v) is 2.94. The number of hydrogen-bond acceptors (Lipinski definition) is 4. The molecule has 8 heteroatoms. The molecule has 1 heterocycles. The second-order valence-corrected chi connectivity index (χ2v) is 6.46. The Kier molecular flexibility index (Phi) is 5.44. The zero-order chi connectivity index (χ0) is 18.7. The first-order valence-corrected chi connectivity index (χ1v) is 8.57. The van der Waals surface area contributed by atoms with Crippen molar-refractivity contribution in [3.8, 4) is 5.75 Å². The first kappa shape index (κ1) is 18.2. The van der Waals surface area contributed by atoms with E-state index in [1.54, 1.807) is 24.3 Å². The van der Waals surface area contributed by atoms with Crippen molar-refractivity contribution < 1.29 is 19.1 Å². The molecule has 1 aliphatic rings. The second kappa shape index (κ2) is 7.76. The third kappa shape index (κ3) is 4.15. The van der Waals surface area contributed by atoms with Crippen LogP contribution in [-0.4, -0.2) is 24.3 Å². The van der Waals surface area contributed by atoms with Crippen LogP contribution in [0.3, 0.4) is 0 Å². The van der Waals surface area contributed by atoms with Crippen molar-refractivity contribution in [1.82, 2.24) is 5.32 Å². The van der Waals surface area contributed by atoms with Crippen LogP contribution in [-0.2, 0) is 4.79 Å². The first-order valence-electron chi connectivity index (χ1n) is 7.81. The summed E-state index contributed by atoms with van der Waals surface area (Å²) in [4.78, 5) is 35.1. The minimum absolute atomic E-state index is 0.222. The average molecular weight is 393 g/mol. The number of amides is 3.